The van der Waals surface area contributed by atoms with Crippen LogP contribution in [0.25, 0.3) is 0 Å². The maximum atomic E-state index is 14.2. The van der Waals surface area contributed by atoms with Crippen molar-refractivity contribution in [3.63, 3.8) is 0 Å². The zero-order chi connectivity index (χ0) is 17.9. The minimum absolute atomic E-state index is 0.146. The Morgan fingerprint density at radius 1 is 1.12 bits per heavy atom. The maximum Gasteiger partial charge on any atom is 0.350 e. The van der Waals surface area contributed by atoms with E-state index in [-0.39, 0.29) is 5.56 Å². The first-order valence-corrected chi connectivity index (χ1v) is 6.69. The molecule has 0 atom stereocenters. The van der Waals surface area contributed by atoms with Crippen LogP contribution in [-0.2, 0) is 10.7 Å². The number of carbonyl (C=O) groups excluding carboxylic acids is 2. The van der Waals surface area contributed by atoms with E-state index in [1.54, 1.807) is 5.32 Å². The minimum Gasteiger partial charge on any atom is -0.497 e. The molecule has 0 spiro atoms. The third kappa shape index (κ3) is 3.48. The lowest BCUT2D eigenvalue weighted by atomic mass is 10.1. The van der Waals surface area contributed by atoms with E-state index >= 15 is 0 Å². The maximum absolute atomic E-state index is 14.2. The van der Waals surface area contributed by atoms with Gasteiger partial charge in [0.2, 0.25) is 5.91 Å². The standard InChI is InChI=1S/C16H13F3N2O3/c1-24-11-5-3-10(4-6-11)16(18,19)15(23)21-13-7-2-9(14(20)22)8-12(13)17/h2-8H,1H3,(H2,20,22)(H,21,23). The van der Waals surface area contributed by atoms with Gasteiger partial charge in [-0.25, -0.2) is 4.39 Å². The summed E-state index contributed by atoms with van der Waals surface area (Å²) in [6.07, 6.45) is 0. The molecule has 0 bridgehead atoms. The number of carbonyl (C=O) groups is 2. The van der Waals surface area contributed by atoms with Crippen molar-refractivity contribution in [2.24, 2.45) is 5.73 Å². The van der Waals surface area contributed by atoms with E-state index in [1.807, 2.05) is 0 Å². The second-order valence-corrected chi connectivity index (χ2v) is 4.82. The van der Waals surface area contributed by atoms with Gasteiger partial charge in [-0.1, -0.05) is 0 Å². The lowest BCUT2D eigenvalue weighted by Crippen LogP contribution is -2.32. The zero-order valence-corrected chi connectivity index (χ0v) is 12.5. The Kier molecular flexibility index (Phi) is 4.77. The molecule has 2 aromatic carbocycles. The Labute approximate surface area is 135 Å². The van der Waals surface area contributed by atoms with E-state index in [9.17, 15) is 22.8 Å². The molecular formula is C16H13F3N2O3. The number of alkyl halides is 2. The van der Waals surface area contributed by atoms with Crippen molar-refractivity contribution < 1.29 is 27.5 Å². The highest BCUT2D eigenvalue weighted by Crippen LogP contribution is 2.31. The molecule has 0 aliphatic heterocycles. The van der Waals surface area contributed by atoms with Gasteiger partial charge in [0.1, 0.15) is 11.6 Å². The van der Waals surface area contributed by atoms with Gasteiger partial charge in [-0.05, 0) is 42.5 Å². The largest absolute Gasteiger partial charge is 0.497 e. The molecule has 0 aliphatic carbocycles. The molecule has 0 fully saturated rings. The summed E-state index contributed by atoms with van der Waals surface area (Å²) >= 11 is 0. The summed E-state index contributed by atoms with van der Waals surface area (Å²) in [5.74, 6) is -7.18. The number of hydrogen-bond acceptors (Lipinski definition) is 3. The number of nitrogens with two attached hydrogens (primary N) is 1. The average molecular weight is 338 g/mol. The molecule has 2 aromatic rings. The number of benzene rings is 2. The van der Waals surface area contributed by atoms with Crippen LogP contribution in [-0.4, -0.2) is 18.9 Å². The van der Waals surface area contributed by atoms with Crippen LogP contribution in [0.1, 0.15) is 15.9 Å². The smallest absolute Gasteiger partial charge is 0.350 e. The molecule has 8 heteroatoms. The van der Waals surface area contributed by atoms with Crippen LogP contribution in [0.3, 0.4) is 0 Å². The van der Waals surface area contributed by atoms with Crippen molar-refractivity contribution in [3.8, 4) is 5.75 Å². The van der Waals surface area contributed by atoms with Gasteiger partial charge in [-0.3, -0.25) is 9.59 Å². The number of halogens is 3. The minimum atomic E-state index is -3.89. The Morgan fingerprint density at radius 2 is 1.75 bits per heavy atom. The molecular weight excluding hydrogens is 325 g/mol. The van der Waals surface area contributed by atoms with E-state index in [1.165, 1.54) is 19.2 Å². The summed E-state index contributed by atoms with van der Waals surface area (Å²) in [4.78, 5) is 22.7. The molecule has 0 aromatic heterocycles. The third-order valence-corrected chi connectivity index (χ3v) is 3.24. The van der Waals surface area contributed by atoms with Gasteiger partial charge in [0.05, 0.1) is 12.8 Å². The van der Waals surface area contributed by atoms with E-state index < -0.39 is 34.8 Å². The second kappa shape index (κ2) is 6.61. The zero-order valence-electron chi connectivity index (χ0n) is 12.5. The molecule has 0 saturated carbocycles. The normalized spacial score (nSPS) is 11.0. The van der Waals surface area contributed by atoms with Gasteiger partial charge >= 0.3 is 5.92 Å². The van der Waals surface area contributed by atoms with Gasteiger partial charge in [-0.15, -0.1) is 0 Å². The molecule has 0 radical (unpaired) electrons. The summed E-state index contributed by atoms with van der Waals surface area (Å²) in [6.45, 7) is 0. The first-order valence-electron chi connectivity index (χ1n) is 6.69. The third-order valence-electron chi connectivity index (χ3n) is 3.24. The van der Waals surface area contributed by atoms with Crippen LogP contribution in [0.2, 0.25) is 0 Å². The quantitative estimate of drug-likeness (QED) is 0.879. The highest BCUT2D eigenvalue weighted by atomic mass is 19.3. The molecule has 126 valence electrons. The monoisotopic (exact) mass is 338 g/mol. The van der Waals surface area contributed by atoms with Crippen LogP contribution in [0.15, 0.2) is 42.5 Å². The Hall–Kier alpha value is -3.03. The summed E-state index contributed by atoms with van der Waals surface area (Å²) in [7, 11) is 1.37. The first kappa shape index (κ1) is 17.3. The summed E-state index contributed by atoms with van der Waals surface area (Å²) in [6, 6.07) is 7.47. The van der Waals surface area contributed by atoms with Crippen molar-refractivity contribution in [1.82, 2.24) is 0 Å². The van der Waals surface area contributed by atoms with E-state index in [0.29, 0.717) is 5.75 Å². The van der Waals surface area contributed by atoms with Crippen LogP contribution in [0.5, 0.6) is 5.75 Å². The van der Waals surface area contributed by atoms with E-state index in [0.717, 1.165) is 30.3 Å². The van der Waals surface area contributed by atoms with Crippen molar-refractivity contribution in [1.29, 1.82) is 0 Å². The fourth-order valence-corrected chi connectivity index (χ4v) is 1.90. The van der Waals surface area contributed by atoms with Crippen LogP contribution in [0, 0.1) is 5.82 Å². The lowest BCUT2D eigenvalue weighted by molar-refractivity contribution is -0.140. The fourth-order valence-electron chi connectivity index (χ4n) is 1.90. The van der Waals surface area contributed by atoms with Crippen molar-refractivity contribution in [3.05, 3.63) is 59.4 Å². The van der Waals surface area contributed by atoms with Gasteiger partial charge in [0, 0.05) is 11.1 Å². The molecule has 5 nitrogen and oxygen atoms in total. The van der Waals surface area contributed by atoms with Crippen molar-refractivity contribution in [2.45, 2.75) is 5.92 Å². The van der Waals surface area contributed by atoms with Crippen LogP contribution < -0.4 is 15.8 Å². The highest BCUT2D eigenvalue weighted by Gasteiger charge is 2.41. The SMILES string of the molecule is COc1ccc(C(F)(F)C(=O)Nc2ccc(C(N)=O)cc2F)cc1. The second-order valence-electron chi connectivity index (χ2n) is 4.82. The summed E-state index contributed by atoms with van der Waals surface area (Å²) < 4.78 is 46.9. The van der Waals surface area contributed by atoms with E-state index in [2.05, 4.69) is 0 Å². The van der Waals surface area contributed by atoms with Crippen molar-refractivity contribution in [2.75, 3.05) is 12.4 Å². The first-order chi connectivity index (χ1) is 11.3. The number of primary amides is 1. The molecule has 0 saturated heterocycles. The molecule has 0 unspecified atom stereocenters. The molecule has 0 heterocycles. The predicted octanol–water partition coefficient (Wildman–Crippen LogP) is 2.66. The molecule has 24 heavy (non-hydrogen) atoms. The molecule has 2 amide bonds. The highest BCUT2D eigenvalue weighted by molar-refractivity contribution is 5.98. The van der Waals surface area contributed by atoms with E-state index in [4.69, 9.17) is 10.5 Å². The molecule has 2 rings (SSSR count). The average Bonchev–Trinajstić information content (AvgIpc) is 2.56. The Bertz CT molecular complexity index is 777. The van der Waals surface area contributed by atoms with Gasteiger partial charge < -0.3 is 15.8 Å². The Balaban J connectivity index is 2.22. The number of methoxy groups -OCH3 is 1. The van der Waals surface area contributed by atoms with Gasteiger partial charge in [-0.2, -0.15) is 8.78 Å². The van der Waals surface area contributed by atoms with Crippen LogP contribution in [0.4, 0.5) is 18.9 Å². The number of anilines is 1. The number of amides is 2. The van der Waals surface area contributed by atoms with Gasteiger partial charge in [0.25, 0.3) is 5.91 Å². The number of rotatable bonds is 5. The molecule has 0 aliphatic rings. The lowest BCUT2D eigenvalue weighted by Gasteiger charge is -2.17. The fraction of sp³-hybridized carbons (Fsp3) is 0.125. The molecule has 3 N–H and O–H groups in total. The Morgan fingerprint density at radius 3 is 2.25 bits per heavy atom. The van der Waals surface area contributed by atoms with Gasteiger partial charge in [0.15, 0.2) is 0 Å². The number of ether oxygens (including phenoxy) is 1. The van der Waals surface area contributed by atoms with Crippen molar-refractivity contribution >= 4 is 17.5 Å². The number of nitrogens with one attached hydrogen (secondary N) is 1. The van der Waals surface area contributed by atoms with Crippen LogP contribution >= 0.6 is 0 Å². The summed E-state index contributed by atoms with van der Waals surface area (Å²) in [5, 5.41) is 1.80. The topological polar surface area (TPSA) is 81.4 Å². The predicted molar refractivity (Wildman–Crippen MR) is 80.4 cm³/mol. The summed E-state index contributed by atoms with van der Waals surface area (Å²) in [5.41, 5.74) is 3.77. The number of hydrogen-bond donors (Lipinski definition) is 2.